The molecule has 0 aliphatic rings. The van der Waals surface area contributed by atoms with Crippen molar-refractivity contribution >= 4 is 29.7 Å². The van der Waals surface area contributed by atoms with E-state index >= 15 is 0 Å². The summed E-state index contributed by atoms with van der Waals surface area (Å²) in [4.78, 5) is 16.3. The molecule has 3 N–H and O–H groups in total. The Hall–Kier alpha value is -1.64. The lowest BCUT2D eigenvalue weighted by Gasteiger charge is -2.14. The van der Waals surface area contributed by atoms with E-state index in [0.29, 0.717) is 18.5 Å². The van der Waals surface area contributed by atoms with Gasteiger partial charge in [-0.05, 0) is 31.2 Å². The second-order valence-electron chi connectivity index (χ2n) is 4.98. The maximum absolute atomic E-state index is 12.5. The number of hydrogen-bond donors (Lipinski definition) is 2. The molecule has 1 aromatic carbocycles. The number of alkyl halides is 3. The normalized spacial score (nSPS) is 12.4. The molecule has 2 aromatic rings. The van der Waals surface area contributed by atoms with Crippen molar-refractivity contribution in [3.8, 4) is 0 Å². The molecule has 132 valence electrons. The molecule has 1 atom stereocenters. The van der Waals surface area contributed by atoms with Gasteiger partial charge < -0.3 is 11.1 Å². The predicted molar refractivity (Wildman–Crippen MR) is 89.4 cm³/mol. The second-order valence-corrected chi connectivity index (χ2v) is 5.92. The molecule has 0 fully saturated rings. The molecule has 9 heteroatoms. The van der Waals surface area contributed by atoms with E-state index in [1.807, 2.05) is 0 Å². The Labute approximate surface area is 147 Å². The van der Waals surface area contributed by atoms with Crippen LogP contribution in [0.4, 0.5) is 13.2 Å². The van der Waals surface area contributed by atoms with Gasteiger partial charge in [0.1, 0.15) is 5.69 Å². The number of rotatable bonds is 5. The van der Waals surface area contributed by atoms with Crippen molar-refractivity contribution in [3.63, 3.8) is 0 Å². The van der Waals surface area contributed by atoms with Crippen molar-refractivity contribution in [2.75, 3.05) is 6.54 Å². The maximum Gasteiger partial charge on any atom is 0.416 e. The molecule has 4 nitrogen and oxygen atoms in total. The van der Waals surface area contributed by atoms with Crippen LogP contribution < -0.4 is 11.1 Å². The summed E-state index contributed by atoms with van der Waals surface area (Å²) in [5.74, 6) is -0.364. The van der Waals surface area contributed by atoms with Crippen LogP contribution in [0.15, 0.2) is 29.6 Å². The third-order valence-corrected chi connectivity index (χ3v) is 4.14. The van der Waals surface area contributed by atoms with Gasteiger partial charge in [0.15, 0.2) is 0 Å². The van der Waals surface area contributed by atoms with Gasteiger partial charge in [-0.1, -0.05) is 12.1 Å². The molecule has 0 spiro atoms. The van der Waals surface area contributed by atoms with Crippen molar-refractivity contribution < 1.29 is 18.0 Å². The van der Waals surface area contributed by atoms with Gasteiger partial charge >= 0.3 is 6.18 Å². The number of aromatic nitrogens is 1. The Morgan fingerprint density at radius 2 is 1.96 bits per heavy atom. The largest absolute Gasteiger partial charge is 0.416 e. The van der Waals surface area contributed by atoms with Crippen LogP contribution in [0.2, 0.25) is 0 Å². The number of hydrogen-bond acceptors (Lipinski definition) is 4. The highest BCUT2D eigenvalue weighted by Crippen LogP contribution is 2.29. The van der Waals surface area contributed by atoms with Crippen LogP contribution in [0.5, 0.6) is 0 Å². The number of benzene rings is 1. The number of carbonyl (C=O) groups is 1. The monoisotopic (exact) mass is 379 g/mol. The van der Waals surface area contributed by atoms with Gasteiger partial charge in [-0.3, -0.25) is 4.79 Å². The zero-order valence-corrected chi connectivity index (χ0v) is 14.4. The van der Waals surface area contributed by atoms with E-state index in [-0.39, 0.29) is 24.0 Å². The van der Waals surface area contributed by atoms with E-state index in [9.17, 15) is 18.0 Å². The van der Waals surface area contributed by atoms with E-state index in [1.54, 1.807) is 12.3 Å². The molecule has 2 rings (SSSR count). The number of halogens is 4. The maximum atomic E-state index is 12.5. The minimum absolute atomic E-state index is 0. The Bertz CT molecular complexity index is 673. The summed E-state index contributed by atoms with van der Waals surface area (Å²) < 4.78 is 37.6. The van der Waals surface area contributed by atoms with Crippen LogP contribution in [0.3, 0.4) is 0 Å². The molecule has 0 radical (unpaired) electrons. The van der Waals surface area contributed by atoms with Crippen molar-refractivity contribution in [3.05, 3.63) is 51.5 Å². The van der Waals surface area contributed by atoms with Gasteiger partial charge in [-0.2, -0.15) is 13.2 Å². The highest BCUT2D eigenvalue weighted by molar-refractivity contribution is 7.09. The lowest BCUT2D eigenvalue weighted by atomic mass is 10.1. The second kappa shape index (κ2) is 8.46. The van der Waals surface area contributed by atoms with Crippen LogP contribution in [-0.4, -0.2) is 17.4 Å². The van der Waals surface area contributed by atoms with Gasteiger partial charge in [-0.25, -0.2) is 4.98 Å². The van der Waals surface area contributed by atoms with Crippen molar-refractivity contribution in [2.24, 2.45) is 5.73 Å². The van der Waals surface area contributed by atoms with E-state index in [4.69, 9.17) is 5.73 Å². The molecule has 0 aliphatic carbocycles. The molecule has 1 aromatic heterocycles. The molecule has 1 heterocycles. The van der Waals surface area contributed by atoms with Crippen LogP contribution in [0.25, 0.3) is 0 Å². The lowest BCUT2D eigenvalue weighted by molar-refractivity contribution is -0.137. The van der Waals surface area contributed by atoms with Gasteiger partial charge in [-0.15, -0.1) is 23.7 Å². The number of thiazole rings is 1. The van der Waals surface area contributed by atoms with Crippen LogP contribution in [0.1, 0.15) is 39.6 Å². The SMILES string of the molecule is CC(NC(=O)c1csc(CCN)n1)c1ccc(C(F)(F)F)cc1.Cl. The number of amides is 1. The first-order valence-corrected chi connectivity index (χ1v) is 7.81. The average molecular weight is 380 g/mol. The molecule has 0 saturated carbocycles. The summed E-state index contributed by atoms with van der Waals surface area (Å²) in [6.45, 7) is 2.16. The van der Waals surface area contributed by atoms with E-state index in [0.717, 1.165) is 17.1 Å². The molecule has 0 aliphatic heterocycles. The van der Waals surface area contributed by atoms with E-state index in [2.05, 4.69) is 10.3 Å². The van der Waals surface area contributed by atoms with Crippen LogP contribution in [0, 0.1) is 0 Å². The lowest BCUT2D eigenvalue weighted by Crippen LogP contribution is -2.27. The van der Waals surface area contributed by atoms with Crippen LogP contribution in [-0.2, 0) is 12.6 Å². The summed E-state index contributed by atoms with van der Waals surface area (Å²) in [6.07, 6.45) is -3.77. The molecule has 24 heavy (non-hydrogen) atoms. The summed E-state index contributed by atoms with van der Waals surface area (Å²) in [5.41, 5.74) is 5.59. The molecular weight excluding hydrogens is 363 g/mol. The highest BCUT2D eigenvalue weighted by Gasteiger charge is 2.30. The predicted octanol–water partition coefficient (Wildman–Crippen LogP) is 3.58. The summed E-state index contributed by atoms with van der Waals surface area (Å²) in [6, 6.07) is 4.29. The van der Waals surface area contributed by atoms with Crippen LogP contribution >= 0.6 is 23.7 Å². The number of nitrogens with two attached hydrogens (primary N) is 1. The number of nitrogens with zero attached hydrogens (tertiary/aromatic N) is 1. The quantitative estimate of drug-likeness (QED) is 0.834. The smallest absolute Gasteiger partial charge is 0.344 e. The highest BCUT2D eigenvalue weighted by atomic mass is 35.5. The van der Waals surface area contributed by atoms with E-state index < -0.39 is 17.8 Å². The summed E-state index contributed by atoms with van der Waals surface area (Å²) >= 11 is 1.35. The van der Waals surface area contributed by atoms with Gasteiger partial charge in [0, 0.05) is 11.8 Å². The van der Waals surface area contributed by atoms with Crippen molar-refractivity contribution in [1.29, 1.82) is 0 Å². The number of carbonyl (C=O) groups excluding carboxylic acids is 1. The third-order valence-electron chi connectivity index (χ3n) is 3.23. The molecule has 0 bridgehead atoms. The van der Waals surface area contributed by atoms with Crippen molar-refractivity contribution in [1.82, 2.24) is 10.3 Å². The first-order valence-electron chi connectivity index (χ1n) is 6.93. The zero-order valence-electron chi connectivity index (χ0n) is 12.8. The fourth-order valence-corrected chi connectivity index (χ4v) is 2.76. The Morgan fingerprint density at radius 1 is 1.33 bits per heavy atom. The standard InChI is InChI=1S/C15H16F3N3OS.ClH/c1-9(10-2-4-11(5-3-10)15(16,17)18)20-14(22)12-8-23-13(21-12)6-7-19;/h2-5,8-9H,6-7,19H2,1H3,(H,20,22);1H. The van der Waals surface area contributed by atoms with Gasteiger partial charge in [0.05, 0.1) is 16.6 Å². The number of nitrogens with one attached hydrogen (secondary N) is 1. The minimum atomic E-state index is -4.37. The Kier molecular flexibility index (Phi) is 7.19. The zero-order chi connectivity index (χ0) is 17.0. The van der Waals surface area contributed by atoms with Crippen molar-refractivity contribution in [2.45, 2.75) is 25.6 Å². The fraction of sp³-hybridized carbons (Fsp3) is 0.333. The van der Waals surface area contributed by atoms with Gasteiger partial charge in [0.2, 0.25) is 0 Å². The molecule has 1 unspecified atom stereocenters. The van der Waals surface area contributed by atoms with E-state index in [1.165, 1.54) is 23.5 Å². The molecule has 1 amide bonds. The Balaban J connectivity index is 0.00000288. The molecule has 0 saturated heterocycles. The Morgan fingerprint density at radius 3 is 2.50 bits per heavy atom. The summed E-state index contributed by atoms with van der Waals surface area (Å²) in [5, 5.41) is 5.14. The first kappa shape index (κ1) is 20.4. The minimum Gasteiger partial charge on any atom is -0.344 e. The van der Waals surface area contributed by atoms with Gasteiger partial charge in [0.25, 0.3) is 5.91 Å². The first-order chi connectivity index (χ1) is 10.8. The fourth-order valence-electron chi connectivity index (χ4n) is 1.97. The summed E-state index contributed by atoms with van der Waals surface area (Å²) in [7, 11) is 0. The molecular formula is C15H17ClF3N3OS. The third kappa shape index (κ3) is 5.19. The topological polar surface area (TPSA) is 68.0 Å². The average Bonchev–Trinajstić information content (AvgIpc) is 2.95.